The van der Waals surface area contributed by atoms with Gasteiger partial charge in [-0.25, -0.2) is 9.78 Å². The molecule has 0 aliphatic carbocycles. The number of esters is 1. The molecule has 0 saturated heterocycles. The van der Waals surface area contributed by atoms with Gasteiger partial charge in [0.1, 0.15) is 5.82 Å². The zero-order valence-electron chi connectivity index (χ0n) is 13.4. The molecule has 0 saturated carbocycles. The van der Waals surface area contributed by atoms with Gasteiger partial charge < -0.3 is 20.6 Å². The summed E-state index contributed by atoms with van der Waals surface area (Å²) in [6.45, 7) is 9.12. The van der Waals surface area contributed by atoms with Crippen LogP contribution in [-0.4, -0.2) is 29.9 Å². The molecule has 1 aromatic heterocycles. The van der Waals surface area contributed by atoms with E-state index < -0.39 is 17.7 Å². The molecule has 0 aliphatic heterocycles. The second kappa shape index (κ2) is 6.22. The van der Waals surface area contributed by atoms with Crippen molar-refractivity contribution in [2.75, 3.05) is 12.8 Å². The lowest BCUT2D eigenvalue weighted by Gasteiger charge is -2.28. The number of nitrogens with two attached hydrogens (primary N) is 1. The van der Waals surface area contributed by atoms with Crippen LogP contribution in [0.15, 0.2) is 0 Å². The summed E-state index contributed by atoms with van der Waals surface area (Å²) in [4.78, 5) is 16.3. The Morgan fingerprint density at radius 1 is 1.38 bits per heavy atom. The lowest BCUT2D eigenvalue weighted by atomic mass is 9.97. The second-order valence-electron chi connectivity index (χ2n) is 5.81. The van der Waals surface area contributed by atoms with Crippen molar-refractivity contribution in [2.45, 2.75) is 46.3 Å². The van der Waals surface area contributed by atoms with Crippen LogP contribution in [0.3, 0.4) is 0 Å². The standard InChI is InChI=1S/C15H23N3O3/c1-8-10(7-16)13(17)18-9(2)11(8)12(14(19)20-6)21-15(3,4)5/h7,12,16H,1-6H3,(H2,17,18)/t12-/m0/s1. The number of aromatic nitrogens is 1. The van der Waals surface area contributed by atoms with Crippen molar-refractivity contribution in [3.63, 3.8) is 0 Å². The maximum absolute atomic E-state index is 12.1. The number of anilines is 1. The fraction of sp³-hybridized carbons (Fsp3) is 0.533. The highest BCUT2D eigenvalue weighted by molar-refractivity contribution is 5.87. The predicted octanol–water partition coefficient (Wildman–Crippen LogP) is 2.31. The van der Waals surface area contributed by atoms with E-state index in [1.807, 2.05) is 20.8 Å². The van der Waals surface area contributed by atoms with Crippen molar-refractivity contribution >= 4 is 18.0 Å². The van der Waals surface area contributed by atoms with E-state index in [4.69, 9.17) is 20.6 Å². The largest absolute Gasteiger partial charge is 0.467 e. The number of pyridine rings is 1. The number of carbonyl (C=O) groups excluding carboxylic acids is 1. The minimum absolute atomic E-state index is 0.267. The molecule has 0 fully saturated rings. The Kier molecular flexibility index (Phi) is 5.06. The minimum Gasteiger partial charge on any atom is -0.467 e. The highest BCUT2D eigenvalue weighted by atomic mass is 16.6. The van der Waals surface area contributed by atoms with E-state index in [2.05, 4.69) is 4.98 Å². The number of nitrogens with zero attached hydrogens (tertiary/aromatic N) is 1. The van der Waals surface area contributed by atoms with Crippen LogP contribution >= 0.6 is 0 Å². The van der Waals surface area contributed by atoms with E-state index in [0.717, 1.165) is 6.21 Å². The number of methoxy groups -OCH3 is 1. The van der Waals surface area contributed by atoms with E-state index in [-0.39, 0.29) is 5.82 Å². The summed E-state index contributed by atoms with van der Waals surface area (Å²) in [6, 6.07) is 0. The Labute approximate surface area is 125 Å². The van der Waals surface area contributed by atoms with Crippen LogP contribution in [0.5, 0.6) is 0 Å². The number of rotatable bonds is 4. The summed E-state index contributed by atoms with van der Waals surface area (Å²) < 4.78 is 10.7. The van der Waals surface area contributed by atoms with Crippen LogP contribution in [0.4, 0.5) is 5.82 Å². The molecule has 0 aliphatic rings. The Hall–Kier alpha value is -1.95. The Morgan fingerprint density at radius 3 is 2.38 bits per heavy atom. The molecular weight excluding hydrogens is 270 g/mol. The number of hydrogen-bond donors (Lipinski definition) is 2. The van der Waals surface area contributed by atoms with E-state index in [1.54, 1.807) is 13.8 Å². The normalized spacial score (nSPS) is 12.9. The van der Waals surface area contributed by atoms with Crippen molar-refractivity contribution in [3.8, 4) is 0 Å². The number of ether oxygens (including phenoxy) is 2. The summed E-state index contributed by atoms with van der Waals surface area (Å²) in [7, 11) is 1.31. The van der Waals surface area contributed by atoms with E-state index in [9.17, 15) is 4.79 Å². The Balaban J connectivity index is 3.51. The van der Waals surface area contributed by atoms with Gasteiger partial charge >= 0.3 is 5.97 Å². The molecule has 116 valence electrons. The average Bonchev–Trinajstić information content (AvgIpc) is 2.35. The van der Waals surface area contributed by atoms with E-state index in [0.29, 0.717) is 22.4 Å². The highest BCUT2D eigenvalue weighted by Gasteiger charge is 2.32. The number of carbonyl (C=O) groups is 1. The monoisotopic (exact) mass is 293 g/mol. The van der Waals surface area contributed by atoms with Gasteiger partial charge in [-0.2, -0.15) is 0 Å². The molecule has 0 unspecified atom stereocenters. The fourth-order valence-electron chi connectivity index (χ4n) is 2.16. The quantitative estimate of drug-likeness (QED) is 0.655. The molecule has 21 heavy (non-hydrogen) atoms. The van der Waals surface area contributed by atoms with Crippen molar-refractivity contribution in [2.24, 2.45) is 0 Å². The second-order valence-corrected chi connectivity index (χ2v) is 5.81. The van der Waals surface area contributed by atoms with Gasteiger partial charge in [0, 0.05) is 23.0 Å². The van der Waals surface area contributed by atoms with Crippen LogP contribution in [0, 0.1) is 19.3 Å². The summed E-state index contributed by atoms with van der Waals surface area (Å²) in [5, 5.41) is 7.46. The molecule has 0 amide bonds. The molecule has 1 rings (SSSR count). The fourth-order valence-corrected chi connectivity index (χ4v) is 2.16. The van der Waals surface area contributed by atoms with Gasteiger partial charge in [0.2, 0.25) is 0 Å². The molecule has 6 heteroatoms. The molecule has 0 radical (unpaired) electrons. The minimum atomic E-state index is -0.901. The molecule has 6 nitrogen and oxygen atoms in total. The number of hydrogen-bond acceptors (Lipinski definition) is 6. The third-order valence-electron chi connectivity index (χ3n) is 3.06. The zero-order chi connectivity index (χ0) is 16.4. The molecule has 0 spiro atoms. The predicted molar refractivity (Wildman–Crippen MR) is 81.6 cm³/mol. The first-order valence-electron chi connectivity index (χ1n) is 6.65. The van der Waals surface area contributed by atoms with Crippen LogP contribution in [0.2, 0.25) is 0 Å². The van der Waals surface area contributed by atoms with E-state index >= 15 is 0 Å². The maximum Gasteiger partial charge on any atom is 0.339 e. The highest BCUT2D eigenvalue weighted by Crippen LogP contribution is 2.32. The van der Waals surface area contributed by atoms with Crippen molar-refractivity contribution in [1.82, 2.24) is 4.98 Å². The van der Waals surface area contributed by atoms with Gasteiger partial charge in [-0.1, -0.05) is 0 Å². The lowest BCUT2D eigenvalue weighted by Crippen LogP contribution is -2.29. The van der Waals surface area contributed by atoms with Gasteiger partial charge in [0.25, 0.3) is 0 Å². The summed E-state index contributed by atoms with van der Waals surface area (Å²) in [5.41, 5.74) is 7.67. The number of aryl methyl sites for hydroxylation is 1. The lowest BCUT2D eigenvalue weighted by molar-refractivity contribution is -0.164. The first kappa shape index (κ1) is 17.1. The first-order valence-corrected chi connectivity index (χ1v) is 6.65. The number of nitrogens with one attached hydrogen (secondary N) is 1. The smallest absolute Gasteiger partial charge is 0.339 e. The van der Waals surface area contributed by atoms with Gasteiger partial charge in [-0.3, -0.25) is 0 Å². The van der Waals surface area contributed by atoms with Crippen molar-refractivity contribution in [3.05, 3.63) is 22.4 Å². The molecule has 1 atom stereocenters. The molecular formula is C15H23N3O3. The first-order chi connectivity index (χ1) is 9.62. The van der Waals surface area contributed by atoms with Gasteiger partial charge in [0.05, 0.1) is 12.7 Å². The molecule has 1 heterocycles. The maximum atomic E-state index is 12.1. The van der Waals surface area contributed by atoms with Crippen LogP contribution in [0.25, 0.3) is 0 Å². The summed E-state index contributed by atoms with van der Waals surface area (Å²) in [5.74, 6) is -0.234. The topological polar surface area (TPSA) is 98.3 Å². The third kappa shape index (κ3) is 3.78. The van der Waals surface area contributed by atoms with Gasteiger partial charge in [-0.05, 0) is 40.2 Å². The van der Waals surface area contributed by atoms with Crippen LogP contribution in [0.1, 0.15) is 49.3 Å². The van der Waals surface area contributed by atoms with E-state index in [1.165, 1.54) is 7.11 Å². The zero-order valence-corrected chi connectivity index (χ0v) is 13.4. The van der Waals surface area contributed by atoms with Gasteiger partial charge in [-0.15, -0.1) is 0 Å². The Morgan fingerprint density at radius 2 is 1.95 bits per heavy atom. The Bertz CT molecular complexity index is 562. The summed E-state index contributed by atoms with van der Waals surface area (Å²) in [6.07, 6.45) is 0.230. The molecule has 0 bridgehead atoms. The van der Waals surface area contributed by atoms with Crippen LogP contribution in [-0.2, 0) is 14.3 Å². The molecule has 0 aromatic carbocycles. The average molecular weight is 293 g/mol. The van der Waals surface area contributed by atoms with Crippen molar-refractivity contribution in [1.29, 1.82) is 5.41 Å². The SMILES string of the molecule is COC(=O)[C@@H](OC(C)(C)C)c1c(C)nc(N)c(C=N)c1C. The van der Waals surface area contributed by atoms with Gasteiger partial charge in [0.15, 0.2) is 6.10 Å². The molecule has 3 N–H and O–H groups in total. The molecule has 1 aromatic rings. The summed E-state index contributed by atoms with van der Waals surface area (Å²) >= 11 is 0. The van der Waals surface area contributed by atoms with Crippen molar-refractivity contribution < 1.29 is 14.3 Å². The number of nitrogen functional groups attached to an aromatic ring is 1. The van der Waals surface area contributed by atoms with Crippen LogP contribution < -0.4 is 5.73 Å². The third-order valence-corrected chi connectivity index (χ3v) is 3.06.